The van der Waals surface area contributed by atoms with E-state index in [-0.39, 0.29) is 24.5 Å². The molecular formula is C13H20N2O2. The lowest BCUT2D eigenvalue weighted by molar-refractivity contribution is -0.123. The van der Waals surface area contributed by atoms with Crippen molar-refractivity contribution in [3.63, 3.8) is 0 Å². The van der Waals surface area contributed by atoms with Crippen molar-refractivity contribution in [1.82, 2.24) is 5.32 Å². The number of aliphatic hydroxyl groups excluding tert-OH is 1. The number of anilines is 1. The summed E-state index contributed by atoms with van der Waals surface area (Å²) in [6, 6.07) is 7.12. The first kappa shape index (κ1) is 13.5. The largest absolute Gasteiger partial charge is 0.399 e. The first-order valence-electron chi connectivity index (χ1n) is 5.85. The lowest BCUT2D eigenvalue weighted by Crippen LogP contribution is -2.39. The Balaban J connectivity index is 2.69. The van der Waals surface area contributed by atoms with E-state index in [4.69, 9.17) is 10.8 Å². The molecule has 0 aliphatic heterocycles. The van der Waals surface area contributed by atoms with E-state index < -0.39 is 0 Å². The number of nitrogen functional groups attached to an aromatic ring is 1. The van der Waals surface area contributed by atoms with Crippen LogP contribution in [0.25, 0.3) is 0 Å². The van der Waals surface area contributed by atoms with Crippen LogP contribution in [0.1, 0.15) is 31.7 Å². The molecule has 94 valence electrons. The van der Waals surface area contributed by atoms with Crippen LogP contribution in [-0.4, -0.2) is 23.7 Å². The molecule has 0 saturated heterocycles. The maximum atomic E-state index is 11.9. The molecule has 0 aliphatic carbocycles. The fourth-order valence-electron chi connectivity index (χ4n) is 1.58. The molecule has 0 fully saturated rings. The quantitative estimate of drug-likeness (QED) is 0.674. The SMILES string of the molecule is CC[C@H](CO)NC(=O)C(C)c1cccc(N)c1. The normalized spacial score (nSPS) is 14.1. The monoisotopic (exact) mass is 236 g/mol. The third-order valence-corrected chi connectivity index (χ3v) is 2.86. The summed E-state index contributed by atoms with van der Waals surface area (Å²) in [5.74, 6) is -0.351. The number of hydrogen-bond acceptors (Lipinski definition) is 3. The number of amides is 1. The third kappa shape index (κ3) is 3.75. The third-order valence-electron chi connectivity index (χ3n) is 2.86. The van der Waals surface area contributed by atoms with Crippen molar-refractivity contribution in [3.05, 3.63) is 29.8 Å². The summed E-state index contributed by atoms with van der Waals surface area (Å²) in [6.07, 6.45) is 0.714. The highest BCUT2D eigenvalue weighted by Gasteiger charge is 2.17. The number of carbonyl (C=O) groups is 1. The Morgan fingerprint density at radius 3 is 2.76 bits per heavy atom. The molecule has 0 aliphatic rings. The van der Waals surface area contributed by atoms with Gasteiger partial charge in [0.05, 0.1) is 18.6 Å². The van der Waals surface area contributed by atoms with Crippen molar-refractivity contribution in [2.24, 2.45) is 0 Å². The Bertz CT molecular complexity index is 375. The molecule has 4 heteroatoms. The topological polar surface area (TPSA) is 75.3 Å². The Morgan fingerprint density at radius 2 is 2.24 bits per heavy atom. The molecule has 1 aromatic rings. The van der Waals surface area contributed by atoms with Crippen LogP contribution in [0.3, 0.4) is 0 Å². The van der Waals surface area contributed by atoms with Gasteiger partial charge in [-0.2, -0.15) is 0 Å². The van der Waals surface area contributed by atoms with Crippen molar-refractivity contribution in [2.75, 3.05) is 12.3 Å². The minimum atomic E-state index is -0.265. The summed E-state index contributed by atoms with van der Waals surface area (Å²) in [6.45, 7) is 3.71. The highest BCUT2D eigenvalue weighted by Crippen LogP contribution is 2.18. The van der Waals surface area contributed by atoms with Gasteiger partial charge in [-0.1, -0.05) is 19.1 Å². The first-order valence-corrected chi connectivity index (χ1v) is 5.85. The summed E-state index contributed by atoms with van der Waals surface area (Å²) in [4.78, 5) is 11.9. The van der Waals surface area contributed by atoms with Crippen LogP contribution in [0.5, 0.6) is 0 Å². The average molecular weight is 236 g/mol. The fraction of sp³-hybridized carbons (Fsp3) is 0.462. The predicted octanol–water partition coefficient (Wildman–Crippen LogP) is 1.26. The van der Waals surface area contributed by atoms with Gasteiger partial charge in [-0.25, -0.2) is 0 Å². The lowest BCUT2D eigenvalue weighted by Gasteiger charge is -2.18. The smallest absolute Gasteiger partial charge is 0.227 e. The predicted molar refractivity (Wildman–Crippen MR) is 68.6 cm³/mol. The molecule has 1 amide bonds. The summed E-state index contributed by atoms with van der Waals surface area (Å²) in [7, 11) is 0. The Labute approximate surface area is 102 Å². The molecule has 1 aromatic carbocycles. The van der Waals surface area contributed by atoms with E-state index in [2.05, 4.69) is 5.32 Å². The number of nitrogens with two attached hydrogens (primary N) is 1. The number of benzene rings is 1. The van der Waals surface area contributed by atoms with Gasteiger partial charge in [-0.05, 0) is 31.0 Å². The van der Waals surface area contributed by atoms with Crippen molar-refractivity contribution < 1.29 is 9.90 Å². The summed E-state index contributed by atoms with van der Waals surface area (Å²) in [5, 5.41) is 11.8. The van der Waals surface area contributed by atoms with E-state index in [0.717, 1.165) is 5.56 Å². The van der Waals surface area contributed by atoms with Gasteiger partial charge < -0.3 is 16.2 Å². The van der Waals surface area contributed by atoms with Crippen LogP contribution in [0.15, 0.2) is 24.3 Å². The maximum absolute atomic E-state index is 11.9. The number of hydrogen-bond donors (Lipinski definition) is 3. The van der Waals surface area contributed by atoms with Crippen molar-refractivity contribution >= 4 is 11.6 Å². The Hall–Kier alpha value is -1.55. The molecule has 17 heavy (non-hydrogen) atoms. The number of rotatable bonds is 5. The van der Waals surface area contributed by atoms with E-state index in [1.165, 1.54) is 0 Å². The summed E-state index contributed by atoms with van der Waals surface area (Å²) >= 11 is 0. The molecular weight excluding hydrogens is 216 g/mol. The Kier molecular flexibility index (Phi) is 4.97. The van der Waals surface area contributed by atoms with Crippen molar-refractivity contribution in [3.8, 4) is 0 Å². The maximum Gasteiger partial charge on any atom is 0.227 e. The molecule has 0 bridgehead atoms. The highest BCUT2D eigenvalue weighted by molar-refractivity contribution is 5.83. The van der Waals surface area contributed by atoms with Crippen LogP contribution >= 0.6 is 0 Å². The number of aliphatic hydroxyl groups is 1. The molecule has 0 spiro atoms. The van der Waals surface area contributed by atoms with E-state index in [9.17, 15) is 4.79 Å². The minimum absolute atomic E-state index is 0.0358. The zero-order valence-electron chi connectivity index (χ0n) is 10.3. The van der Waals surface area contributed by atoms with Crippen LogP contribution < -0.4 is 11.1 Å². The van der Waals surface area contributed by atoms with Gasteiger partial charge in [0.25, 0.3) is 0 Å². The van der Waals surface area contributed by atoms with Crippen molar-refractivity contribution in [1.29, 1.82) is 0 Å². The van der Waals surface area contributed by atoms with Gasteiger partial charge in [-0.15, -0.1) is 0 Å². The van der Waals surface area contributed by atoms with Crippen LogP contribution in [0, 0.1) is 0 Å². The molecule has 0 radical (unpaired) electrons. The van der Waals surface area contributed by atoms with E-state index in [0.29, 0.717) is 12.1 Å². The van der Waals surface area contributed by atoms with E-state index in [1.54, 1.807) is 12.1 Å². The second-order valence-corrected chi connectivity index (χ2v) is 4.19. The van der Waals surface area contributed by atoms with Gasteiger partial charge >= 0.3 is 0 Å². The van der Waals surface area contributed by atoms with Gasteiger partial charge in [0.1, 0.15) is 0 Å². The zero-order chi connectivity index (χ0) is 12.8. The number of carbonyl (C=O) groups excluding carboxylic acids is 1. The van der Waals surface area contributed by atoms with Crippen LogP contribution in [-0.2, 0) is 4.79 Å². The average Bonchev–Trinajstić information content (AvgIpc) is 2.34. The Morgan fingerprint density at radius 1 is 1.53 bits per heavy atom. The van der Waals surface area contributed by atoms with Gasteiger partial charge in [0, 0.05) is 5.69 Å². The summed E-state index contributed by atoms with van der Waals surface area (Å²) < 4.78 is 0. The second kappa shape index (κ2) is 6.25. The van der Waals surface area contributed by atoms with Crippen molar-refractivity contribution in [2.45, 2.75) is 32.2 Å². The highest BCUT2D eigenvalue weighted by atomic mass is 16.3. The van der Waals surface area contributed by atoms with Crippen LogP contribution in [0.2, 0.25) is 0 Å². The molecule has 0 aromatic heterocycles. The molecule has 0 saturated carbocycles. The molecule has 4 nitrogen and oxygen atoms in total. The van der Waals surface area contributed by atoms with Crippen LogP contribution in [0.4, 0.5) is 5.69 Å². The molecule has 1 rings (SSSR count). The van der Waals surface area contributed by atoms with E-state index in [1.807, 2.05) is 26.0 Å². The molecule has 4 N–H and O–H groups in total. The van der Waals surface area contributed by atoms with Gasteiger partial charge in [-0.3, -0.25) is 4.79 Å². The van der Waals surface area contributed by atoms with E-state index >= 15 is 0 Å². The number of nitrogens with one attached hydrogen (secondary N) is 1. The minimum Gasteiger partial charge on any atom is -0.399 e. The fourth-order valence-corrected chi connectivity index (χ4v) is 1.58. The van der Waals surface area contributed by atoms with Gasteiger partial charge in [0.15, 0.2) is 0 Å². The standard InChI is InChI=1S/C13H20N2O2/c1-3-12(8-16)15-13(17)9(2)10-5-4-6-11(14)7-10/h4-7,9,12,16H,3,8,14H2,1-2H3,(H,15,17)/t9?,12-/m1/s1. The zero-order valence-corrected chi connectivity index (χ0v) is 10.3. The first-order chi connectivity index (χ1) is 8.08. The molecule has 0 heterocycles. The lowest BCUT2D eigenvalue weighted by atomic mass is 9.99. The van der Waals surface area contributed by atoms with Gasteiger partial charge in [0.2, 0.25) is 5.91 Å². The molecule has 1 unspecified atom stereocenters. The second-order valence-electron chi connectivity index (χ2n) is 4.19. The molecule has 2 atom stereocenters. The summed E-state index contributed by atoms with van der Waals surface area (Å²) in [5.41, 5.74) is 7.21.